The van der Waals surface area contributed by atoms with Crippen LogP contribution in [0.25, 0.3) is 0 Å². The SMILES string of the molecule is CCCCCCCCCCCCCCCCCCO[C@@H](COC(C)=O)COP(=O)([O-])OCC[N+](C)(C)C. The first-order valence-electron chi connectivity index (χ1n) is 14.7. The fourth-order valence-electron chi connectivity index (χ4n) is 3.89. The highest BCUT2D eigenvalue weighted by atomic mass is 31.2. The topological polar surface area (TPSA) is 94.1 Å². The van der Waals surface area contributed by atoms with Gasteiger partial charge in [-0.3, -0.25) is 9.36 Å². The number of carbonyl (C=O) groups excluding carboxylic acids is 1. The Bertz CT molecular complexity index is 583. The second-order valence-electron chi connectivity index (χ2n) is 11.2. The molecule has 37 heavy (non-hydrogen) atoms. The van der Waals surface area contributed by atoms with Crippen molar-refractivity contribution in [2.24, 2.45) is 0 Å². The first-order chi connectivity index (χ1) is 17.6. The molecule has 0 rings (SSSR count). The number of quaternary nitrogens is 1. The Balaban J connectivity index is 3.82. The lowest BCUT2D eigenvalue weighted by atomic mass is 10.0. The molecule has 0 bridgehead atoms. The number of ether oxygens (including phenoxy) is 2. The third-order valence-electron chi connectivity index (χ3n) is 6.25. The summed E-state index contributed by atoms with van der Waals surface area (Å²) in [7, 11) is 1.40. The summed E-state index contributed by atoms with van der Waals surface area (Å²) in [5.41, 5.74) is 0. The van der Waals surface area contributed by atoms with Gasteiger partial charge in [-0.15, -0.1) is 0 Å². The van der Waals surface area contributed by atoms with Crippen LogP contribution < -0.4 is 4.89 Å². The van der Waals surface area contributed by atoms with E-state index in [9.17, 15) is 14.3 Å². The molecule has 0 aromatic heterocycles. The molecule has 0 aromatic rings. The predicted molar refractivity (Wildman–Crippen MR) is 148 cm³/mol. The molecule has 9 heteroatoms. The largest absolute Gasteiger partial charge is 0.756 e. The van der Waals surface area contributed by atoms with Crippen LogP contribution in [0.5, 0.6) is 0 Å². The summed E-state index contributed by atoms with van der Waals surface area (Å²) in [5, 5.41) is 0. The molecule has 0 radical (unpaired) electrons. The van der Waals surface area contributed by atoms with Gasteiger partial charge in [-0.1, -0.05) is 103 Å². The van der Waals surface area contributed by atoms with E-state index in [2.05, 4.69) is 6.92 Å². The standard InChI is InChI=1S/C28H58NO7P/c1-6-7-8-9-10-11-12-13-14-15-16-17-18-19-20-21-23-33-28(25-34-27(2)30)26-36-37(31,32)35-24-22-29(3,4)5/h28H,6-26H2,1-5H3/t28-/m0/s1. The maximum Gasteiger partial charge on any atom is 0.302 e. The van der Waals surface area contributed by atoms with Crippen LogP contribution in [0.15, 0.2) is 0 Å². The number of likely N-dealkylation sites (N-methyl/N-ethyl adjacent to an activating group) is 1. The summed E-state index contributed by atoms with van der Waals surface area (Å²) in [6, 6.07) is 0. The van der Waals surface area contributed by atoms with E-state index in [1.165, 1.54) is 96.8 Å². The van der Waals surface area contributed by atoms with Crippen molar-refractivity contribution in [1.29, 1.82) is 0 Å². The molecule has 0 saturated heterocycles. The number of phosphoric ester groups is 1. The van der Waals surface area contributed by atoms with Gasteiger partial charge in [0.2, 0.25) is 0 Å². The van der Waals surface area contributed by atoms with Gasteiger partial charge in [0.05, 0.1) is 27.7 Å². The van der Waals surface area contributed by atoms with E-state index in [-0.39, 0.29) is 19.8 Å². The summed E-state index contributed by atoms with van der Waals surface area (Å²) in [6.07, 6.45) is 20.1. The fraction of sp³-hybridized carbons (Fsp3) is 0.964. The van der Waals surface area contributed by atoms with E-state index in [1.54, 1.807) is 0 Å². The monoisotopic (exact) mass is 551 g/mol. The Kier molecular flexibility index (Phi) is 23.1. The number of hydrogen-bond donors (Lipinski definition) is 0. The minimum Gasteiger partial charge on any atom is -0.756 e. The maximum atomic E-state index is 12.0. The van der Waals surface area contributed by atoms with Gasteiger partial charge in [-0.05, 0) is 6.42 Å². The lowest BCUT2D eigenvalue weighted by Gasteiger charge is -2.28. The van der Waals surface area contributed by atoms with Gasteiger partial charge in [-0.2, -0.15) is 0 Å². The lowest BCUT2D eigenvalue weighted by molar-refractivity contribution is -0.870. The minimum atomic E-state index is -4.44. The fourth-order valence-corrected chi connectivity index (χ4v) is 4.62. The van der Waals surface area contributed by atoms with Crippen molar-refractivity contribution >= 4 is 13.8 Å². The van der Waals surface area contributed by atoms with Gasteiger partial charge >= 0.3 is 5.97 Å². The molecule has 1 unspecified atom stereocenters. The third-order valence-corrected chi connectivity index (χ3v) is 7.22. The van der Waals surface area contributed by atoms with E-state index in [0.717, 1.165) is 12.8 Å². The van der Waals surface area contributed by atoms with E-state index in [0.29, 0.717) is 17.6 Å². The minimum absolute atomic E-state index is 0.0406. The van der Waals surface area contributed by atoms with Crippen LogP contribution in [-0.4, -0.2) is 70.7 Å². The summed E-state index contributed by atoms with van der Waals surface area (Å²) in [4.78, 5) is 23.2. The van der Waals surface area contributed by atoms with Crippen LogP contribution in [0.2, 0.25) is 0 Å². The van der Waals surface area contributed by atoms with E-state index >= 15 is 0 Å². The van der Waals surface area contributed by atoms with Crippen molar-refractivity contribution in [1.82, 2.24) is 0 Å². The van der Waals surface area contributed by atoms with Gasteiger partial charge in [0.1, 0.15) is 25.9 Å². The van der Waals surface area contributed by atoms with Gasteiger partial charge < -0.3 is 27.9 Å². The number of unbranched alkanes of at least 4 members (excludes halogenated alkanes) is 15. The van der Waals surface area contributed by atoms with Crippen LogP contribution in [-0.2, 0) is 27.9 Å². The van der Waals surface area contributed by atoms with Crippen LogP contribution >= 0.6 is 7.82 Å². The molecule has 8 nitrogen and oxygen atoms in total. The summed E-state index contributed by atoms with van der Waals surface area (Å²) >= 11 is 0. The highest BCUT2D eigenvalue weighted by molar-refractivity contribution is 7.45. The average molecular weight is 552 g/mol. The summed E-state index contributed by atoms with van der Waals surface area (Å²) in [5.74, 6) is -0.444. The van der Waals surface area contributed by atoms with Crippen LogP contribution in [0.1, 0.15) is 117 Å². The molecule has 0 heterocycles. The Labute approximate surface area is 228 Å². The molecular formula is C28H58NO7P. The van der Waals surface area contributed by atoms with Crippen molar-refractivity contribution in [3.63, 3.8) is 0 Å². The van der Waals surface area contributed by atoms with Crippen molar-refractivity contribution in [3.8, 4) is 0 Å². The summed E-state index contributed by atoms with van der Waals surface area (Å²) in [6.45, 7) is 4.33. The Hall–Kier alpha value is -0.500. The molecule has 2 atom stereocenters. The van der Waals surface area contributed by atoms with Crippen LogP contribution in [0, 0.1) is 0 Å². The van der Waals surface area contributed by atoms with Crippen molar-refractivity contribution < 1.29 is 37.3 Å². The predicted octanol–water partition coefficient (Wildman–Crippen LogP) is 6.40. The quantitative estimate of drug-likeness (QED) is 0.0504. The molecule has 0 fully saturated rings. The molecule has 0 aliphatic carbocycles. The number of hydrogen-bond acceptors (Lipinski definition) is 7. The normalized spacial score (nSPS) is 14.4. The van der Waals surface area contributed by atoms with Crippen LogP contribution in [0.4, 0.5) is 0 Å². The second kappa shape index (κ2) is 23.4. The Morgan fingerprint density at radius 1 is 0.730 bits per heavy atom. The molecule has 0 spiro atoms. The molecule has 0 aromatic carbocycles. The lowest BCUT2D eigenvalue weighted by Crippen LogP contribution is -2.37. The van der Waals surface area contributed by atoms with E-state index in [4.69, 9.17) is 18.5 Å². The average Bonchev–Trinajstić information content (AvgIpc) is 2.81. The summed E-state index contributed by atoms with van der Waals surface area (Å²) < 4.78 is 33.2. The van der Waals surface area contributed by atoms with Gasteiger partial charge in [-0.25, -0.2) is 0 Å². The zero-order valence-corrected chi connectivity index (χ0v) is 25.6. The second-order valence-corrected chi connectivity index (χ2v) is 12.6. The molecular weight excluding hydrogens is 493 g/mol. The smallest absolute Gasteiger partial charge is 0.302 e. The molecule has 0 aliphatic rings. The molecule has 0 aliphatic heterocycles. The van der Waals surface area contributed by atoms with E-state index < -0.39 is 19.9 Å². The number of rotatable bonds is 27. The zero-order valence-electron chi connectivity index (χ0n) is 24.7. The first-order valence-corrected chi connectivity index (χ1v) is 16.2. The third kappa shape index (κ3) is 28.3. The molecule has 222 valence electrons. The van der Waals surface area contributed by atoms with Crippen molar-refractivity contribution in [2.75, 3.05) is 54.1 Å². The molecule has 0 N–H and O–H groups in total. The molecule has 0 amide bonds. The Morgan fingerprint density at radius 2 is 1.19 bits per heavy atom. The maximum absolute atomic E-state index is 12.0. The van der Waals surface area contributed by atoms with E-state index in [1.807, 2.05) is 21.1 Å². The zero-order chi connectivity index (χ0) is 27.8. The number of carbonyl (C=O) groups is 1. The van der Waals surface area contributed by atoms with Gasteiger partial charge in [0.15, 0.2) is 0 Å². The first kappa shape index (κ1) is 36.5. The Morgan fingerprint density at radius 3 is 1.62 bits per heavy atom. The van der Waals surface area contributed by atoms with Gasteiger partial charge in [0.25, 0.3) is 7.82 Å². The van der Waals surface area contributed by atoms with Crippen molar-refractivity contribution in [3.05, 3.63) is 0 Å². The van der Waals surface area contributed by atoms with Crippen molar-refractivity contribution in [2.45, 2.75) is 123 Å². The van der Waals surface area contributed by atoms with Gasteiger partial charge in [0, 0.05) is 13.5 Å². The van der Waals surface area contributed by atoms with Crippen LogP contribution in [0.3, 0.4) is 0 Å². The number of nitrogens with zero attached hydrogens (tertiary/aromatic N) is 1. The highest BCUT2D eigenvalue weighted by Gasteiger charge is 2.18. The number of phosphoric acid groups is 1. The highest BCUT2D eigenvalue weighted by Crippen LogP contribution is 2.38. The number of esters is 1. The molecule has 0 saturated carbocycles.